The van der Waals surface area contributed by atoms with Crippen LogP contribution in [0.2, 0.25) is 5.02 Å². The van der Waals surface area contributed by atoms with Crippen molar-refractivity contribution in [3.05, 3.63) is 70.9 Å². The van der Waals surface area contributed by atoms with Crippen LogP contribution < -0.4 is 4.74 Å². The van der Waals surface area contributed by atoms with Crippen LogP contribution in [-0.4, -0.2) is 49.0 Å². The van der Waals surface area contributed by atoms with Crippen molar-refractivity contribution in [2.75, 3.05) is 18.6 Å². The van der Waals surface area contributed by atoms with Crippen LogP contribution in [0.3, 0.4) is 0 Å². The lowest BCUT2D eigenvalue weighted by atomic mass is 10.1. The second-order valence-electron chi connectivity index (χ2n) is 7.42. The summed E-state index contributed by atoms with van der Waals surface area (Å²) in [4.78, 5) is 14.9. The third-order valence-electron chi connectivity index (χ3n) is 5.26. The number of hydrogen-bond acceptors (Lipinski definition) is 6. The van der Waals surface area contributed by atoms with Gasteiger partial charge in [-0.3, -0.25) is 4.79 Å². The van der Waals surface area contributed by atoms with E-state index in [0.717, 1.165) is 11.1 Å². The zero-order valence-electron chi connectivity index (χ0n) is 16.8. The van der Waals surface area contributed by atoms with Crippen LogP contribution in [0, 0.1) is 0 Å². The minimum Gasteiger partial charge on any atom is -0.497 e. The van der Waals surface area contributed by atoms with E-state index in [1.54, 1.807) is 42.3 Å². The molecule has 31 heavy (non-hydrogen) atoms. The molecular weight excluding hydrogens is 440 g/mol. The van der Waals surface area contributed by atoms with Crippen molar-refractivity contribution in [3.63, 3.8) is 0 Å². The molecule has 0 saturated carbocycles. The summed E-state index contributed by atoms with van der Waals surface area (Å²) in [7, 11) is -1.61. The number of rotatable bonds is 6. The maximum absolute atomic E-state index is 13.4. The molecule has 2 aromatic carbocycles. The lowest BCUT2D eigenvalue weighted by Crippen LogP contribution is -2.40. The molecule has 2 heterocycles. The maximum Gasteiger partial charge on any atom is 0.276 e. The van der Waals surface area contributed by atoms with Gasteiger partial charge in [0, 0.05) is 29.2 Å². The standard InChI is InChI=1S/C22H21ClN2O5S/c1-29-19-4-2-3-15(11-19)13-25(18-9-10-31(27,28)14-18)22(26)20-12-21(30-24-20)16-5-7-17(23)8-6-16/h2-8,11-12,18H,9-10,13-14H2,1H3/t18-/m0/s1. The van der Waals surface area contributed by atoms with Crippen molar-refractivity contribution in [3.8, 4) is 17.1 Å². The van der Waals surface area contributed by atoms with Gasteiger partial charge in [0.1, 0.15) is 5.75 Å². The first-order valence-corrected chi connectivity index (χ1v) is 11.9. The Morgan fingerprint density at radius 1 is 1.23 bits per heavy atom. The van der Waals surface area contributed by atoms with Crippen molar-refractivity contribution in [2.45, 2.75) is 19.0 Å². The van der Waals surface area contributed by atoms with Gasteiger partial charge in [0.05, 0.1) is 18.6 Å². The monoisotopic (exact) mass is 460 g/mol. The average molecular weight is 461 g/mol. The average Bonchev–Trinajstić information content (AvgIpc) is 3.39. The number of ether oxygens (including phenoxy) is 1. The Balaban J connectivity index is 1.63. The third-order valence-corrected chi connectivity index (χ3v) is 7.26. The molecule has 1 atom stereocenters. The number of carbonyl (C=O) groups is 1. The molecule has 7 nitrogen and oxygen atoms in total. The number of sulfone groups is 1. The summed E-state index contributed by atoms with van der Waals surface area (Å²) in [6.45, 7) is 0.235. The molecule has 1 fully saturated rings. The normalized spacial score (nSPS) is 17.4. The first kappa shape index (κ1) is 21.4. The smallest absolute Gasteiger partial charge is 0.276 e. The Labute approximate surface area is 185 Å². The Bertz CT molecular complexity index is 1190. The molecule has 0 N–H and O–H groups in total. The second-order valence-corrected chi connectivity index (χ2v) is 10.1. The van der Waals surface area contributed by atoms with Gasteiger partial charge in [-0.25, -0.2) is 8.42 Å². The van der Waals surface area contributed by atoms with Crippen molar-refractivity contribution >= 4 is 27.3 Å². The van der Waals surface area contributed by atoms with Gasteiger partial charge in [0.2, 0.25) is 0 Å². The molecule has 0 aliphatic carbocycles. The van der Waals surface area contributed by atoms with Crippen molar-refractivity contribution in [2.24, 2.45) is 0 Å². The molecule has 9 heteroatoms. The molecule has 1 aromatic heterocycles. The fraction of sp³-hybridized carbons (Fsp3) is 0.273. The number of amides is 1. The summed E-state index contributed by atoms with van der Waals surface area (Å²) in [5, 5.41) is 4.53. The highest BCUT2D eigenvalue weighted by Crippen LogP contribution is 2.26. The number of benzene rings is 2. The van der Waals surface area contributed by atoms with Crippen molar-refractivity contribution < 1.29 is 22.5 Å². The third kappa shape index (κ3) is 4.91. The first-order valence-electron chi connectivity index (χ1n) is 9.71. The summed E-state index contributed by atoms with van der Waals surface area (Å²) in [5.74, 6) is 0.712. The number of methoxy groups -OCH3 is 1. The Morgan fingerprint density at radius 2 is 2.00 bits per heavy atom. The van der Waals surface area contributed by atoms with Gasteiger partial charge < -0.3 is 14.2 Å². The number of hydrogen-bond donors (Lipinski definition) is 0. The molecular formula is C22H21ClN2O5S. The zero-order chi connectivity index (χ0) is 22.0. The van der Waals surface area contributed by atoms with E-state index in [1.807, 2.05) is 24.3 Å². The van der Waals surface area contributed by atoms with Crippen LogP contribution in [-0.2, 0) is 16.4 Å². The van der Waals surface area contributed by atoms with Crippen LogP contribution in [0.4, 0.5) is 0 Å². The van der Waals surface area contributed by atoms with E-state index in [-0.39, 0.29) is 29.7 Å². The zero-order valence-corrected chi connectivity index (χ0v) is 18.4. The van der Waals surface area contributed by atoms with Crippen LogP contribution >= 0.6 is 11.6 Å². The van der Waals surface area contributed by atoms with E-state index in [0.29, 0.717) is 23.0 Å². The minimum absolute atomic E-state index is 0.0639. The highest BCUT2D eigenvalue weighted by molar-refractivity contribution is 7.91. The Morgan fingerprint density at radius 3 is 2.68 bits per heavy atom. The lowest BCUT2D eigenvalue weighted by molar-refractivity contribution is 0.0670. The molecule has 3 aromatic rings. The summed E-state index contributed by atoms with van der Waals surface area (Å²) in [6.07, 6.45) is 0.389. The van der Waals surface area contributed by atoms with Gasteiger partial charge in [-0.05, 0) is 48.4 Å². The van der Waals surface area contributed by atoms with E-state index in [9.17, 15) is 13.2 Å². The van der Waals surface area contributed by atoms with Crippen LogP contribution in [0.15, 0.2) is 59.1 Å². The molecule has 0 spiro atoms. The molecule has 1 saturated heterocycles. The van der Waals surface area contributed by atoms with Gasteiger partial charge in [-0.1, -0.05) is 28.9 Å². The van der Waals surface area contributed by atoms with Gasteiger partial charge in [-0.2, -0.15) is 0 Å². The second kappa shape index (κ2) is 8.72. The van der Waals surface area contributed by atoms with Crippen molar-refractivity contribution in [1.82, 2.24) is 10.1 Å². The topological polar surface area (TPSA) is 89.7 Å². The number of halogens is 1. The number of carbonyl (C=O) groups excluding carboxylic acids is 1. The molecule has 0 bridgehead atoms. The van der Waals surface area contributed by atoms with Crippen LogP contribution in [0.1, 0.15) is 22.5 Å². The summed E-state index contributed by atoms with van der Waals surface area (Å²) in [5.41, 5.74) is 1.69. The molecule has 162 valence electrons. The predicted molar refractivity (Wildman–Crippen MR) is 117 cm³/mol. The minimum atomic E-state index is -3.18. The van der Waals surface area contributed by atoms with Gasteiger partial charge in [-0.15, -0.1) is 0 Å². The largest absolute Gasteiger partial charge is 0.497 e. The molecule has 4 rings (SSSR count). The highest BCUT2D eigenvalue weighted by Gasteiger charge is 2.36. The van der Waals surface area contributed by atoms with E-state index in [2.05, 4.69) is 5.16 Å². The molecule has 1 aliphatic rings. The highest BCUT2D eigenvalue weighted by atomic mass is 35.5. The number of aromatic nitrogens is 1. The Hall–Kier alpha value is -2.84. The summed E-state index contributed by atoms with van der Waals surface area (Å²) >= 11 is 5.93. The molecule has 1 aliphatic heterocycles. The number of nitrogens with zero attached hydrogens (tertiary/aromatic N) is 2. The van der Waals surface area contributed by atoms with Crippen LogP contribution in [0.5, 0.6) is 5.75 Å². The molecule has 0 unspecified atom stereocenters. The fourth-order valence-corrected chi connectivity index (χ4v) is 5.49. The van der Waals surface area contributed by atoms with Gasteiger partial charge in [0.25, 0.3) is 5.91 Å². The van der Waals surface area contributed by atoms with Crippen LogP contribution in [0.25, 0.3) is 11.3 Å². The summed E-state index contributed by atoms with van der Waals surface area (Å²) in [6, 6.07) is 15.5. The quantitative estimate of drug-likeness (QED) is 0.555. The lowest BCUT2D eigenvalue weighted by Gasteiger charge is -2.27. The first-order chi connectivity index (χ1) is 14.8. The SMILES string of the molecule is COc1cccc(CN(C(=O)c2cc(-c3ccc(Cl)cc3)on2)[C@H]2CCS(=O)(=O)C2)c1. The van der Waals surface area contributed by atoms with E-state index < -0.39 is 15.9 Å². The van der Waals surface area contributed by atoms with Crippen molar-refractivity contribution in [1.29, 1.82) is 0 Å². The van der Waals surface area contributed by atoms with E-state index >= 15 is 0 Å². The van der Waals surface area contributed by atoms with E-state index in [1.165, 1.54) is 0 Å². The molecule has 0 radical (unpaired) electrons. The van der Waals surface area contributed by atoms with E-state index in [4.69, 9.17) is 20.9 Å². The summed E-state index contributed by atoms with van der Waals surface area (Å²) < 4.78 is 34.8. The van der Waals surface area contributed by atoms with Gasteiger partial charge in [0.15, 0.2) is 21.3 Å². The molecule has 1 amide bonds. The Kier molecular flexibility index (Phi) is 6.02. The fourth-order valence-electron chi connectivity index (χ4n) is 3.63. The predicted octanol–water partition coefficient (Wildman–Crippen LogP) is 3.83. The van der Waals surface area contributed by atoms with Gasteiger partial charge >= 0.3 is 0 Å². The maximum atomic E-state index is 13.4.